The maximum Gasteiger partial charge on any atom is 0.0139 e. The lowest BCUT2D eigenvalue weighted by Gasteiger charge is -2.27. The van der Waals surface area contributed by atoms with Crippen LogP contribution in [0, 0.1) is 0 Å². The van der Waals surface area contributed by atoms with Gasteiger partial charge in [0.15, 0.2) is 0 Å². The molecular weight excluding hydrogens is 144 g/mol. The summed E-state index contributed by atoms with van der Waals surface area (Å²) in [5.41, 5.74) is 5.67. The van der Waals surface area contributed by atoms with Gasteiger partial charge in [-0.25, -0.2) is 0 Å². The zero-order valence-corrected chi connectivity index (χ0v) is 7.36. The largest absolute Gasteiger partial charge is 0.327 e. The van der Waals surface area contributed by atoms with Crippen LogP contribution in [0.3, 0.4) is 0 Å². The molecule has 1 aliphatic rings. The Kier molecular flexibility index (Phi) is 3.52. The lowest BCUT2D eigenvalue weighted by molar-refractivity contribution is 0.288. The van der Waals surface area contributed by atoms with Crippen LogP contribution in [0.2, 0.25) is 0 Å². The first-order valence-corrected chi connectivity index (χ1v) is 5.00. The average molecular weight is 160 g/mol. The van der Waals surface area contributed by atoms with E-state index in [4.69, 9.17) is 5.73 Å². The van der Waals surface area contributed by atoms with Crippen LogP contribution in [0.15, 0.2) is 0 Å². The van der Waals surface area contributed by atoms with Gasteiger partial charge in [-0.1, -0.05) is 0 Å². The standard InChI is InChI=1S/C7H16N2S/c1-7(8)6-9-2-4-10-5-3-9/h7H,2-6,8H2,1H3/t7-/m1/s1. The predicted molar refractivity (Wildman–Crippen MR) is 47.4 cm³/mol. The highest BCUT2D eigenvalue weighted by Crippen LogP contribution is 2.08. The monoisotopic (exact) mass is 160 g/mol. The SMILES string of the molecule is C[C@@H](N)CN1CCSCC1. The first kappa shape index (κ1) is 8.37. The van der Waals surface area contributed by atoms with Gasteiger partial charge in [-0.15, -0.1) is 0 Å². The summed E-state index contributed by atoms with van der Waals surface area (Å²) in [5, 5.41) is 0. The Balaban J connectivity index is 2.13. The molecule has 0 saturated carbocycles. The summed E-state index contributed by atoms with van der Waals surface area (Å²) >= 11 is 2.04. The smallest absolute Gasteiger partial charge is 0.0139 e. The van der Waals surface area contributed by atoms with Crippen molar-refractivity contribution in [3.8, 4) is 0 Å². The normalized spacial score (nSPS) is 24.6. The van der Waals surface area contributed by atoms with E-state index in [1.54, 1.807) is 0 Å². The molecule has 1 rings (SSSR count). The van der Waals surface area contributed by atoms with Crippen molar-refractivity contribution in [2.75, 3.05) is 31.1 Å². The number of hydrogen-bond donors (Lipinski definition) is 1. The third kappa shape index (κ3) is 2.90. The highest BCUT2D eigenvalue weighted by molar-refractivity contribution is 7.99. The second-order valence-electron chi connectivity index (χ2n) is 2.89. The zero-order chi connectivity index (χ0) is 7.40. The fourth-order valence-electron chi connectivity index (χ4n) is 1.19. The molecule has 0 amide bonds. The van der Waals surface area contributed by atoms with E-state index in [0.717, 1.165) is 6.54 Å². The van der Waals surface area contributed by atoms with E-state index in [0.29, 0.717) is 6.04 Å². The number of nitrogens with two attached hydrogens (primary N) is 1. The molecule has 1 aliphatic heterocycles. The maximum atomic E-state index is 5.67. The fraction of sp³-hybridized carbons (Fsp3) is 1.00. The van der Waals surface area contributed by atoms with Crippen molar-refractivity contribution < 1.29 is 0 Å². The van der Waals surface area contributed by atoms with Gasteiger partial charge in [-0.3, -0.25) is 0 Å². The topological polar surface area (TPSA) is 29.3 Å². The molecule has 1 fully saturated rings. The molecule has 0 aromatic carbocycles. The minimum atomic E-state index is 0.336. The first-order chi connectivity index (χ1) is 4.79. The van der Waals surface area contributed by atoms with Gasteiger partial charge >= 0.3 is 0 Å². The fourth-order valence-corrected chi connectivity index (χ4v) is 2.17. The molecule has 0 unspecified atom stereocenters. The number of thioether (sulfide) groups is 1. The van der Waals surface area contributed by atoms with Crippen molar-refractivity contribution in [2.45, 2.75) is 13.0 Å². The Morgan fingerprint density at radius 2 is 2.10 bits per heavy atom. The number of rotatable bonds is 2. The van der Waals surface area contributed by atoms with Crippen molar-refractivity contribution in [1.82, 2.24) is 4.90 Å². The van der Waals surface area contributed by atoms with Crippen LogP contribution in [0.1, 0.15) is 6.92 Å². The van der Waals surface area contributed by atoms with Crippen LogP contribution in [0.5, 0.6) is 0 Å². The Morgan fingerprint density at radius 3 is 2.60 bits per heavy atom. The van der Waals surface area contributed by atoms with Crippen LogP contribution in [0.4, 0.5) is 0 Å². The van der Waals surface area contributed by atoms with Crippen molar-refractivity contribution in [3.05, 3.63) is 0 Å². The lowest BCUT2D eigenvalue weighted by atomic mass is 10.3. The molecule has 0 aromatic heterocycles. The first-order valence-electron chi connectivity index (χ1n) is 3.84. The van der Waals surface area contributed by atoms with Gasteiger partial charge < -0.3 is 10.6 Å². The summed E-state index contributed by atoms with van der Waals surface area (Å²) in [4.78, 5) is 2.45. The molecule has 10 heavy (non-hydrogen) atoms. The molecule has 0 spiro atoms. The van der Waals surface area contributed by atoms with Crippen LogP contribution in [0.25, 0.3) is 0 Å². The molecule has 0 bridgehead atoms. The number of hydrogen-bond acceptors (Lipinski definition) is 3. The van der Waals surface area contributed by atoms with Crippen LogP contribution in [-0.2, 0) is 0 Å². The summed E-state index contributed by atoms with van der Waals surface area (Å²) in [5.74, 6) is 2.57. The van der Waals surface area contributed by atoms with Gasteiger partial charge in [0.2, 0.25) is 0 Å². The second-order valence-corrected chi connectivity index (χ2v) is 4.12. The van der Waals surface area contributed by atoms with Crippen molar-refractivity contribution in [2.24, 2.45) is 5.73 Å². The van der Waals surface area contributed by atoms with Crippen LogP contribution >= 0.6 is 11.8 Å². The van der Waals surface area contributed by atoms with E-state index < -0.39 is 0 Å². The van der Waals surface area contributed by atoms with Crippen molar-refractivity contribution >= 4 is 11.8 Å². The van der Waals surface area contributed by atoms with Gasteiger partial charge in [0.25, 0.3) is 0 Å². The molecule has 0 aliphatic carbocycles. The summed E-state index contributed by atoms with van der Waals surface area (Å²) in [6, 6.07) is 0.336. The molecule has 0 aromatic rings. The van der Waals surface area contributed by atoms with Gasteiger partial charge in [-0.05, 0) is 6.92 Å². The molecule has 1 heterocycles. The molecule has 1 saturated heterocycles. The Bertz CT molecular complexity index is 89.6. The molecule has 2 nitrogen and oxygen atoms in total. The average Bonchev–Trinajstić information content (AvgIpc) is 1.88. The molecule has 0 radical (unpaired) electrons. The minimum Gasteiger partial charge on any atom is -0.327 e. The summed E-state index contributed by atoms with van der Waals surface area (Å²) in [7, 11) is 0. The lowest BCUT2D eigenvalue weighted by Crippen LogP contribution is -2.40. The zero-order valence-electron chi connectivity index (χ0n) is 6.55. The summed E-state index contributed by atoms with van der Waals surface area (Å²) < 4.78 is 0. The predicted octanol–water partition coefficient (Wildman–Crippen LogP) is 0.382. The van der Waals surface area contributed by atoms with E-state index in [2.05, 4.69) is 11.8 Å². The van der Waals surface area contributed by atoms with E-state index in [9.17, 15) is 0 Å². The number of nitrogens with zero attached hydrogens (tertiary/aromatic N) is 1. The van der Waals surface area contributed by atoms with E-state index in [-0.39, 0.29) is 0 Å². The van der Waals surface area contributed by atoms with Gasteiger partial charge in [0.1, 0.15) is 0 Å². The van der Waals surface area contributed by atoms with Gasteiger partial charge in [0.05, 0.1) is 0 Å². The van der Waals surface area contributed by atoms with Crippen molar-refractivity contribution in [1.29, 1.82) is 0 Å². The minimum absolute atomic E-state index is 0.336. The maximum absolute atomic E-state index is 5.67. The van der Waals surface area contributed by atoms with E-state index >= 15 is 0 Å². The van der Waals surface area contributed by atoms with E-state index in [1.165, 1.54) is 24.6 Å². The highest BCUT2D eigenvalue weighted by Gasteiger charge is 2.10. The van der Waals surface area contributed by atoms with Gasteiger partial charge in [-0.2, -0.15) is 11.8 Å². The molecule has 60 valence electrons. The van der Waals surface area contributed by atoms with Crippen molar-refractivity contribution in [3.63, 3.8) is 0 Å². The highest BCUT2D eigenvalue weighted by atomic mass is 32.2. The molecular formula is C7H16N2S. The third-order valence-corrected chi connectivity index (χ3v) is 2.59. The van der Waals surface area contributed by atoms with Crippen LogP contribution in [-0.4, -0.2) is 42.1 Å². The van der Waals surface area contributed by atoms with Crippen LogP contribution < -0.4 is 5.73 Å². The van der Waals surface area contributed by atoms with E-state index in [1.807, 2.05) is 11.8 Å². The second kappa shape index (κ2) is 4.21. The molecule has 2 N–H and O–H groups in total. The van der Waals surface area contributed by atoms with Gasteiger partial charge in [0, 0.05) is 37.2 Å². The quantitative estimate of drug-likeness (QED) is 0.633. The summed E-state index contributed by atoms with van der Waals surface area (Å²) in [6.07, 6.45) is 0. The molecule has 1 atom stereocenters. The Hall–Kier alpha value is 0.270. The molecule has 3 heteroatoms. The summed E-state index contributed by atoms with van der Waals surface area (Å²) in [6.45, 7) is 5.60. The third-order valence-electron chi connectivity index (χ3n) is 1.65. The Labute approximate surface area is 67.1 Å². The Morgan fingerprint density at radius 1 is 1.50 bits per heavy atom.